The van der Waals surface area contributed by atoms with Gasteiger partial charge in [0.1, 0.15) is 10.9 Å². The average molecular weight is 332 g/mol. The molecule has 1 aromatic carbocycles. The Morgan fingerprint density at radius 3 is 2.60 bits per heavy atom. The van der Waals surface area contributed by atoms with E-state index >= 15 is 0 Å². The minimum Gasteiger partial charge on any atom is -0.495 e. The molecule has 106 valence electrons. The Morgan fingerprint density at radius 2 is 1.95 bits per heavy atom. The Balaban J connectivity index is 2.02. The molecule has 0 saturated carbocycles. The third-order valence-electron chi connectivity index (χ3n) is 2.72. The monoisotopic (exact) mass is 330 g/mol. The van der Waals surface area contributed by atoms with Crippen molar-refractivity contribution in [2.24, 2.45) is 0 Å². The maximum absolute atomic E-state index is 6.09. The quantitative estimate of drug-likeness (QED) is 0.828. The zero-order valence-corrected chi connectivity index (χ0v) is 13.1. The SMILES string of the molecule is COc1c(Cl)cc(Cl)cc1CNCc1ccc(Cl)nc1. The molecular weight excluding hydrogens is 319 g/mol. The molecule has 3 nitrogen and oxygen atoms in total. The van der Waals surface area contributed by atoms with Gasteiger partial charge in [0.2, 0.25) is 0 Å². The fourth-order valence-electron chi connectivity index (χ4n) is 1.83. The normalized spacial score (nSPS) is 10.6. The number of ether oxygens (including phenoxy) is 1. The lowest BCUT2D eigenvalue weighted by Crippen LogP contribution is -2.13. The van der Waals surface area contributed by atoms with Crippen LogP contribution < -0.4 is 10.1 Å². The predicted octanol–water partition coefficient (Wildman–Crippen LogP) is 4.34. The van der Waals surface area contributed by atoms with Gasteiger partial charge in [-0.05, 0) is 23.8 Å². The smallest absolute Gasteiger partial charge is 0.142 e. The fraction of sp³-hybridized carbons (Fsp3) is 0.214. The van der Waals surface area contributed by atoms with Gasteiger partial charge >= 0.3 is 0 Å². The first kappa shape index (κ1) is 15.4. The van der Waals surface area contributed by atoms with Crippen molar-refractivity contribution < 1.29 is 4.74 Å². The maximum Gasteiger partial charge on any atom is 0.142 e. The zero-order chi connectivity index (χ0) is 14.5. The van der Waals surface area contributed by atoms with Gasteiger partial charge in [0.15, 0.2) is 0 Å². The van der Waals surface area contributed by atoms with Gasteiger partial charge in [-0.3, -0.25) is 0 Å². The predicted molar refractivity (Wildman–Crippen MR) is 82.8 cm³/mol. The molecule has 0 spiro atoms. The Labute approximate surface area is 132 Å². The van der Waals surface area contributed by atoms with Crippen LogP contribution in [0, 0.1) is 0 Å². The number of hydrogen-bond acceptors (Lipinski definition) is 3. The second-order valence-electron chi connectivity index (χ2n) is 4.17. The summed E-state index contributed by atoms with van der Waals surface area (Å²) in [6, 6.07) is 7.17. The Hall–Kier alpha value is -1.00. The summed E-state index contributed by atoms with van der Waals surface area (Å²) < 4.78 is 5.29. The van der Waals surface area contributed by atoms with Crippen molar-refractivity contribution in [3.8, 4) is 5.75 Å². The largest absolute Gasteiger partial charge is 0.495 e. The molecular formula is C14H13Cl3N2O. The summed E-state index contributed by atoms with van der Waals surface area (Å²) >= 11 is 17.8. The average Bonchev–Trinajstić information content (AvgIpc) is 2.40. The van der Waals surface area contributed by atoms with Crippen LogP contribution in [0.25, 0.3) is 0 Å². The molecule has 0 amide bonds. The van der Waals surface area contributed by atoms with Gasteiger partial charge in [-0.15, -0.1) is 0 Å². The molecule has 6 heteroatoms. The number of halogens is 3. The van der Waals surface area contributed by atoms with E-state index in [1.807, 2.05) is 12.1 Å². The summed E-state index contributed by atoms with van der Waals surface area (Å²) in [5.74, 6) is 0.637. The molecule has 0 aliphatic rings. The summed E-state index contributed by atoms with van der Waals surface area (Å²) in [4.78, 5) is 4.03. The number of benzene rings is 1. The highest BCUT2D eigenvalue weighted by atomic mass is 35.5. The summed E-state index contributed by atoms with van der Waals surface area (Å²) in [7, 11) is 1.59. The standard InChI is InChI=1S/C14H13Cl3N2O/c1-20-14-10(4-11(15)5-12(14)16)8-18-6-9-2-3-13(17)19-7-9/h2-5,7,18H,6,8H2,1H3. The van der Waals surface area contributed by atoms with Crippen LogP contribution in [-0.4, -0.2) is 12.1 Å². The van der Waals surface area contributed by atoms with E-state index in [2.05, 4.69) is 10.3 Å². The van der Waals surface area contributed by atoms with Gasteiger partial charge in [0.25, 0.3) is 0 Å². The fourth-order valence-corrected chi connectivity index (χ4v) is 2.55. The lowest BCUT2D eigenvalue weighted by molar-refractivity contribution is 0.408. The molecule has 0 radical (unpaired) electrons. The molecule has 0 fully saturated rings. The van der Waals surface area contributed by atoms with E-state index in [0.717, 1.165) is 11.1 Å². The van der Waals surface area contributed by atoms with Crippen LogP contribution in [0.2, 0.25) is 15.2 Å². The number of rotatable bonds is 5. The minimum absolute atomic E-state index is 0.483. The Morgan fingerprint density at radius 1 is 1.15 bits per heavy atom. The van der Waals surface area contributed by atoms with E-state index in [9.17, 15) is 0 Å². The second-order valence-corrected chi connectivity index (χ2v) is 5.40. The van der Waals surface area contributed by atoms with E-state index in [4.69, 9.17) is 39.5 Å². The van der Waals surface area contributed by atoms with Crippen LogP contribution >= 0.6 is 34.8 Å². The van der Waals surface area contributed by atoms with Crippen LogP contribution in [0.5, 0.6) is 5.75 Å². The number of hydrogen-bond donors (Lipinski definition) is 1. The topological polar surface area (TPSA) is 34.1 Å². The van der Waals surface area contributed by atoms with Crippen LogP contribution in [0.15, 0.2) is 30.5 Å². The van der Waals surface area contributed by atoms with Gasteiger partial charge in [-0.25, -0.2) is 4.98 Å². The molecule has 0 atom stereocenters. The second kappa shape index (κ2) is 7.14. The molecule has 20 heavy (non-hydrogen) atoms. The molecule has 2 aromatic rings. The highest BCUT2D eigenvalue weighted by Crippen LogP contribution is 2.32. The molecule has 1 N–H and O–H groups in total. The summed E-state index contributed by atoms with van der Waals surface area (Å²) in [6.45, 7) is 1.25. The summed E-state index contributed by atoms with van der Waals surface area (Å²) in [5.41, 5.74) is 1.95. The number of nitrogens with one attached hydrogen (secondary N) is 1. The van der Waals surface area contributed by atoms with Gasteiger partial charge in [-0.1, -0.05) is 40.9 Å². The minimum atomic E-state index is 0.483. The van der Waals surface area contributed by atoms with E-state index in [1.54, 1.807) is 25.4 Å². The van der Waals surface area contributed by atoms with E-state index < -0.39 is 0 Å². The van der Waals surface area contributed by atoms with Crippen molar-refractivity contribution in [1.82, 2.24) is 10.3 Å². The van der Waals surface area contributed by atoms with Crippen LogP contribution in [0.4, 0.5) is 0 Å². The molecule has 1 heterocycles. The molecule has 0 bridgehead atoms. The van der Waals surface area contributed by atoms with Crippen molar-refractivity contribution in [2.75, 3.05) is 7.11 Å². The zero-order valence-electron chi connectivity index (χ0n) is 10.8. The Bertz CT molecular complexity index is 588. The maximum atomic E-state index is 6.09. The molecule has 0 aliphatic carbocycles. The molecule has 0 aliphatic heterocycles. The van der Waals surface area contributed by atoms with E-state index in [0.29, 0.717) is 34.0 Å². The third-order valence-corrected chi connectivity index (χ3v) is 3.45. The summed E-state index contributed by atoms with van der Waals surface area (Å²) in [5, 5.41) is 4.86. The first-order valence-corrected chi connectivity index (χ1v) is 7.06. The van der Waals surface area contributed by atoms with Crippen LogP contribution in [0.3, 0.4) is 0 Å². The summed E-state index contributed by atoms with van der Waals surface area (Å²) in [6.07, 6.45) is 1.73. The molecule has 0 saturated heterocycles. The number of methoxy groups -OCH3 is 1. The molecule has 0 unspecified atom stereocenters. The van der Waals surface area contributed by atoms with E-state index in [-0.39, 0.29) is 0 Å². The van der Waals surface area contributed by atoms with Crippen molar-refractivity contribution >= 4 is 34.8 Å². The Kier molecular flexibility index (Phi) is 5.49. The highest BCUT2D eigenvalue weighted by Gasteiger charge is 2.09. The van der Waals surface area contributed by atoms with Gasteiger partial charge in [-0.2, -0.15) is 0 Å². The van der Waals surface area contributed by atoms with Crippen molar-refractivity contribution in [3.05, 3.63) is 56.8 Å². The van der Waals surface area contributed by atoms with Gasteiger partial charge in [0.05, 0.1) is 12.1 Å². The molecule has 2 rings (SSSR count). The third kappa shape index (κ3) is 4.00. The van der Waals surface area contributed by atoms with Crippen LogP contribution in [0.1, 0.15) is 11.1 Å². The highest BCUT2D eigenvalue weighted by molar-refractivity contribution is 6.35. The van der Waals surface area contributed by atoms with Crippen molar-refractivity contribution in [3.63, 3.8) is 0 Å². The first-order valence-electron chi connectivity index (χ1n) is 5.93. The number of aromatic nitrogens is 1. The number of nitrogens with zero attached hydrogens (tertiary/aromatic N) is 1. The lowest BCUT2D eigenvalue weighted by Gasteiger charge is -2.12. The molecule has 1 aromatic heterocycles. The first-order chi connectivity index (χ1) is 9.60. The lowest BCUT2D eigenvalue weighted by atomic mass is 10.2. The van der Waals surface area contributed by atoms with Crippen molar-refractivity contribution in [1.29, 1.82) is 0 Å². The van der Waals surface area contributed by atoms with Crippen molar-refractivity contribution in [2.45, 2.75) is 13.1 Å². The van der Waals surface area contributed by atoms with Gasteiger partial charge in [0, 0.05) is 29.9 Å². The van der Waals surface area contributed by atoms with Gasteiger partial charge < -0.3 is 10.1 Å². The van der Waals surface area contributed by atoms with E-state index in [1.165, 1.54) is 0 Å². The van der Waals surface area contributed by atoms with Crippen LogP contribution in [-0.2, 0) is 13.1 Å². The number of pyridine rings is 1.